The van der Waals surface area contributed by atoms with Gasteiger partial charge in [0.05, 0.1) is 0 Å². The number of nitrogens with zero attached hydrogens (tertiary/aromatic N) is 2. The fourth-order valence-corrected chi connectivity index (χ4v) is 2.62. The van der Waals surface area contributed by atoms with Gasteiger partial charge < -0.3 is 10.2 Å². The van der Waals surface area contributed by atoms with Crippen LogP contribution in [0, 0.1) is 0 Å². The Bertz CT molecular complexity index is 173. The number of hydrogen-bond acceptors (Lipinski definition) is 3. The van der Waals surface area contributed by atoms with Crippen molar-refractivity contribution in [1.29, 1.82) is 0 Å². The molecule has 0 aromatic rings. The van der Waals surface area contributed by atoms with Gasteiger partial charge in [-0.2, -0.15) is 0 Å². The van der Waals surface area contributed by atoms with Crippen LogP contribution in [0.3, 0.4) is 0 Å². The second-order valence-corrected chi connectivity index (χ2v) is 4.81. The molecule has 3 nitrogen and oxygen atoms in total. The Balaban J connectivity index is 1.76. The van der Waals surface area contributed by atoms with Crippen molar-refractivity contribution in [3.63, 3.8) is 0 Å². The average Bonchev–Trinajstić information content (AvgIpc) is 2.14. The summed E-state index contributed by atoms with van der Waals surface area (Å²) in [5.41, 5.74) is 0. The molecule has 2 aliphatic rings. The predicted molar refractivity (Wildman–Crippen MR) is 59.6 cm³/mol. The van der Waals surface area contributed by atoms with E-state index in [-0.39, 0.29) is 0 Å². The monoisotopic (exact) mass is 197 g/mol. The molecule has 0 spiro atoms. The number of rotatable bonds is 3. The molecule has 2 saturated heterocycles. The Morgan fingerprint density at radius 1 is 1.29 bits per heavy atom. The summed E-state index contributed by atoms with van der Waals surface area (Å²) in [6.45, 7) is 8.53. The lowest BCUT2D eigenvalue weighted by Gasteiger charge is -2.47. The molecule has 2 fully saturated rings. The summed E-state index contributed by atoms with van der Waals surface area (Å²) in [6.07, 6.45) is 2.63. The van der Waals surface area contributed by atoms with Gasteiger partial charge in [-0.3, -0.25) is 4.90 Å². The molecule has 1 unspecified atom stereocenters. The molecule has 2 aliphatic heterocycles. The molecule has 1 atom stereocenters. The minimum atomic E-state index is 0.750. The van der Waals surface area contributed by atoms with E-state index in [1.54, 1.807) is 0 Å². The third kappa shape index (κ3) is 2.27. The summed E-state index contributed by atoms with van der Waals surface area (Å²) < 4.78 is 0. The van der Waals surface area contributed by atoms with Gasteiger partial charge >= 0.3 is 0 Å². The van der Waals surface area contributed by atoms with Crippen LogP contribution in [-0.4, -0.2) is 61.7 Å². The SMILES string of the molecule is CCCC1CN(C2CN(C)C2)CCN1. The van der Waals surface area contributed by atoms with Crippen molar-refractivity contribution < 1.29 is 0 Å². The van der Waals surface area contributed by atoms with Gasteiger partial charge in [-0.1, -0.05) is 13.3 Å². The predicted octanol–water partition coefficient (Wildman–Crippen LogP) is 0.374. The first-order valence-corrected chi connectivity index (χ1v) is 5.95. The van der Waals surface area contributed by atoms with E-state index < -0.39 is 0 Å². The van der Waals surface area contributed by atoms with E-state index in [1.165, 1.54) is 45.6 Å². The molecule has 0 aromatic carbocycles. The van der Waals surface area contributed by atoms with Crippen molar-refractivity contribution in [2.75, 3.05) is 39.8 Å². The van der Waals surface area contributed by atoms with Crippen molar-refractivity contribution in [2.45, 2.75) is 31.8 Å². The van der Waals surface area contributed by atoms with Crippen LogP contribution >= 0.6 is 0 Å². The average molecular weight is 197 g/mol. The molecule has 0 amide bonds. The summed E-state index contributed by atoms with van der Waals surface area (Å²) in [6, 6.07) is 1.60. The molecule has 14 heavy (non-hydrogen) atoms. The van der Waals surface area contributed by atoms with Crippen LogP contribution in [-0.2, 0) is 0 Å². The van der Waals surface area contributed by atoms with Gasteiger partial charge in [0.25, 0.3) is 0 Å². The van der Waals surface area contributed by atoms with Crippen molar-refractivity contribution >= 4 is 0 Å². The minimum absolute atomic E-state index is 0.750. The van der Waals surface area contributed by atoms with Crippen LogP contribution in [0.2, 0.25) is 0 Å². The second-order valence-electron chi connectivity index (χ2n) is 4.81. The second kappa shape index (κ2) is 4.60. The largest absolute Gasteiger partial charge is 0.311 e. The van der Waals surface area contributed by atoms with E-state index in [2.05, 4.69) is 29.1 Å². The first kappa shape index (κ1) is 10.4. The molecule has 2 heterocycles. The lowest BCUT2D eigenvalue weighted by atomic mass is 10.0. The van der Waals surface area contributed by atoms with E-state index >= 15 is 0 Å². The number of likely N-dealkylation sites (N-methyl/N-ethyl adjacent to an activating group) is 1. The standard InChI is InChI=1S/C11H23N3/c1-3-4-10-7-14(6-5-12-10)11-8-13(2)9-11/h10-12H,3-9H2,1-2H3. The smallest absolute Gasteiger partial charge is 0.0351 e. The van der Waals surface area contributed by atoms with Gasteiger partial charge in [0.1, 0.15) is 0 Å². The molecule has 0 saturated carbocycles. The minimum Gasteiger partial charge on any atom is -0.311 e. The first-order chi connectivity index (χ1) is 6.79. The van der Waals surface area contributed by atoms with Crippen LogP contribution in [0.1, 0.15) is 19.8 Å². The summed E-state index contributed by atoms with van der Waals surface area (Å²) in [4.78, 5) is 5.08. The van der Waals surface area contributed by atoms with Gasteiger partial charge in [0.15, 0.2) is 0 Å². The Morgan fingerprint density at radius 2 is 2.07 bits per heavy atom. The van der Waals surface area contributed by atoms with E-state index in [4.69, 9.17) is 0 Å². The maximum atomic E-state index is 3.61. The molecule has 2 rings (SSSR count). The molecule has 0 bridgehead atoms. The Labute approximate surface area is 87.4 Å². The van der Waals surface area contributed by atoms with Crippen LogP contribution in [0.4, 0.5) is 0 Å². The number of likely N-dealkylation sites (tertiary alicyclic amines) is 1. The molecule has 0 aromatic heterocycles. The van der Waals surface area contributed by atoms with Gasteiger partial charge in [-0.05, 0) is 13.5 Å². The zero-order valence-electron chi connectivity index (χ0n) is 9.50. The topological polar surface area (TPSA) is 18.5 Å². The van der Waals surface area contributed by atoms with Gasteiger partial charge in [0.2, 0.25) is 0 Å². The highest BCUT2D eigenvalue weighted by Gasteiger charge is 2.31. The third-order valence-electron chi connectivity index (χ3n) is 3.49. The summed E-state index contributed by atoms with van der Waals surface area (Å²) in [5, 5.41) is 3.61. The van der Waals surface area contributed by atoms with Crippen molar-refractivity contribution in [3.8, 4) is 0 Å². The van der Waals surface area contributed by atoms with Crippen LogP contribution in [0.25, 0.3) is 0 Å². The molecule has 1 N–H and O–H groups in total. The fraction of sp³-hybridized carbons (Fsp3) is 1.00. The molecular formula is C11H23N3. The maximum absolute atomic E-state index is 3.61. The summed E-state index contributed by atoms with van der Waals surface area (Å²) in [7, 11) is 2.21. The van der Waals surface area contributed by atoms with Gasteiger partial charge in [-0.15, -0.1) is 0 Å². The highest BCUT2D eigenvalue weighted by Crippen LogP contribution is 2.15. The molecule has 0 radical (unpaired) electrons. The fourth-order valence-electron chi connectivity index (χ4n) is 2.62. The highest BCUT2D eigenvalue weighted by atomic mass is 15.3. The van der Waals surface area contributed by atoms with E-state index in [9.17, 15) is 0 Å². The van der Waals surface area contributed by atoms with Crippen molar-refractivity contribution in [3.05, 3.63) is 0 Å². The zero-order valence-corrected chi connectivity index (χ0v) is 9.50. The van der Waals surface area contributed by atoms with Gasteiger partial charge in [-0.25, -0.2) is 0 Å². The molecule has 0 aliphatic carbocycles. The Hall–Kier alpha value is -0.120. The maximum Gasteiger partial charge on any atom is 0.0351 e. The summed E-state index contributed by atoms with van der Waals surface area (Å²) >= 11 is 0. The first-order valence-electron chi connectivity index (χ1n) is 5.95. The quantitative estimate of drug-likeness (QED) is 0.705. The molecular weight excluding hydrogens is 174 g/mol. The number of hydrogen-bond donors (Lipinski definition) is 1. The third-order valence-corrected chi connectivity index (χ3v) is 3.49. The van der Waals surface area contributed by atoms with E-state index in [0.717, 1.165) is 12.1 Å². The lowest BCUT2D eigenvalue weighted by molar-refractivity contribution is 0.0324. The van der Waals surface area contributed by atoms with E-state index in [1.807, 2.05) is 0 Å². The van der Waals surface area contributed by atoms with Crippen LogP contribution < -0.4 is 5.32 Å². The Morgan fingerprint density at radius 3 is 2.71 bits per heavy atom. The lowest BCUT2D eigenvalue weighted by Crippen LogP contribution is -2.63. The zero-order chi connectivity index (χ0) is 9.97. The highest BCUT2D eigenvalue weighted by molar-refractivity contribution is 4.90. The normalized spacial score (nSPS) is 31.7. The van der Waals surface area contributed by atoms with E-state index in [0.29, 0.717) is 0 Å². The Kier molecular flexibility index (Phi) is 3.42. The molecule has 82 valence electrons. The summed E-state index contributed by atoms with van der Waals surface area (Å²) in [5.74, 6) is 0. The molecule has 3 heteroatoms. The number of piperazine rings is 1. The van der Waals surface area contributed by atoms with Crippen LogP contribution in [0.15, 0.2) is 0 Å². The van der Waals surface area contributed by atoms with Crippen LogP contribution in [0.5, 0.6) is 0 Å². The van der Waals surface area contributed by atoms with Gasteiger partial charge in [0, 0.05) is 44.8 Å². The number of nitrogens with one attached hydrogen (secondary N) is 1. The van der Waals surface area contributed by atoms with Crippen molar-refractivity contribution in [2.24, 2.45) is 0 Å². The van der Waals surface area contributed by atoms with Crippen molar-refractivity contribution in [1.82, 2.24) is 15.1 Å².